The number of nitrogens with zero attached hydrogens (tertiary/aromatic N) is 2. The fourth-order valence-corrected chi connectivity index (χ4v) is 6.62. The molecule has 4 nitrogen and oxygen atoms in total. The summed E-state index contributed by atoms with van der Waals surface area (Å²) >= 11 is 0. The normalized spacial score (nSPS) is 10.4. The molecule has 5 heteroatoms. The summed E-state index contributed by atoms with van der Waals surface area (Å²) in [5.74, 6) is 0. The molecule has 6 aromatic carbocycles. The van der Waals surface area contributed by atoms with Crippen LogP contribution in [-0.4, -0.2) is 9.38 Å². The van der Waals surface area contributed by atoms with E-state index >= 15 is 0 Å². The number of para-hydroxylation sites is 1. The molecule has 8 rings (SSSR count). The third kappa shape index (κ3) is 7.61. The van der Waals surface area contributed by atoms with E-state index < -0.39 is 0 Å². The average molecular weight is 824 g/mol. The van der Waals surface area contributed by atoms with Crippen molar-refractivity contribution >= 4 is 27.3 Å². The van der Waals surface area contributed by atoms with E-state index in [1.807, 2.05) is 24.4 Å². The predicted octanol–water partition coefficient (Wildman–Crippen LogP) is 9.87. The van der Waals surface area contributed by atoms with Crippen molar-refractivity contribution in [3.63, 3.8) is 0 Å². The SMILES string of the molecule is [C-]#[O+].[C-]#[O+].[Ir+3].[c-]1cccc(CCc2cc(CCc3c[c-]ccc3)cc(-c3ccccc3-c3cnc4c5[c-]cccc5c5ccccc5n34)c2)c1. The Bertz CT molecular complexity index is 2310. The molecule has 2 heterocycles. The van der Waals surface area contributed by atoms with Gasteiger partial charge < -0.3 is 4.40 Å². The molecule has 0 fully saturated rings. The van der Waals surface area contributed by atoms with Gasteiger partial charge in [0.1, 0.15) is 0 Å². The van der Waals surface area contributed by atoms with Gasteiger partial charge in [0.2, 0.25) is 0 Å². The van der Waals surface area contributed by atoms with Gasteiger partial charge in [-0.15, -0.1) is 29.7 Å². The van der Waals surface area contributed by atoms with Crippen LogP contribution in [0.2, 0.25) is 0 Å². The molecule has 0 aliphatic rings. The molecular weight excluding hydrogens is 793 g/mol. The maximum atomic E-state index is 7.50. The molecular formula is C45H31IrN2O2. The average Bonchev–Trinajstić information content (AvgIpc) is 3.65. The van der Waals surface area contributed by atoms with Gasteiger partial charge in [-0.25, -0.2) is 0 Å². The van der Waals surface area contributed by atoms with Crippen molar-refractivity contribution in [2.24, 2.45) is 0 Å². The van der Waals surface area contributed by atoms with Crippen LogP contribution in [0.5, 0.6) is 0 Å². The maximum Gasteiger partial charge on any atom is 3.00 e. The van der Waals surface area contributed by atoms with Crippen molar-refractivity contribution < 1.29 is 29.4 Å². The van der Waals surface area contributed by atoms with Crippen LogP contribution in [0, 0.1) is 31.5 Å². The van der Waals surface area contributed by atoms with Gasteiger partial charge in [-0.2, -0.15) is 71.8 Å². The quantitative estimate of drug-likeness (QED) is 0.0856. The molecule has 0 bridgehead atoms. The van der Waals surface area contributed by atoms with Crippen LogP contribution in [0.3, 0.4) is 0 Å². The third-order valence-electron chi connectivity index (χ3n) is 8.79. The largest absolute Gasteiger partial charge is 3.00 e. The van der Waals surface area contributed by atoms with Crippen molar-refractivity contribution in [3.8, 4) is 22.4 Å². The van der Waals surface area contributed by atoms with Crippen LogP contribution in [0.4, 0.5) is 0 Å². The van der Waals surface area contributed by atoms with Crippen molar-refractivity contribution in [2.45, 2.75) is 25.7 Å². The van der Waals surface area contributed by atoms with E-state index in [0.717, 1.165) is 47.9 Å². The van der Waals surface area contributed by atoms with E-state index in [2.05, 4.69) is 151 Å². The molecule has 2 aromatic heterocycles. The number of benzene rings is 6. The molecule has 0 radical (unpaired) electrons. The van der Waals surface area contributed by atoms with Crippen molar-refractivity contribution in [1.82, 2.24) is 9.38 Å². The first kappa shape index (κ1) is 36.0. The monoisotopic (exact) mass is 824 g/mol. The van der Waals surface area contributed by atoms with Gasteiger partial charge in [0.15, 0.2) is 0 Å². The fraction of sp³-hybridized carbons (Fsp3) is 0.0889. The van der Waals surface area contributed by atoms with Crippen LogP contribution in [0.15, 0.2) is 140 Å². The van der Waals surface area contributed by atoms with Gasteiger partial charge in [0.05, 0.1) is 11.3 Å². The minimum atomic E-state index is 0. The van der Waals surface area contributed by atoms with Crippen LogP contribution < -0.4 is 0 Å². The second-order valence-electron chi connectivity index (χ2n) is 11.7. The second-order valence-corrected chi connectivity index (χ2v) is 11.7. The number of hydrogen-bond donors (Lipinski definition) is 0. The van der Waals surface area contributed by atoms with Gasteiger partial charge in [0, 0.05) is 17.3 Å². The summed E-state index contributed by atoms with van der Waals surface area (Å²) in [6, 6.07) is 57.4. The summed E-state index contributed by atoms with van der Waals surface area (Å²) in [5.41, 5.74) is 12.1. The van der Waals surface area contributed by atoms with E-state index in [0.29, 0.717) is 0 Å². The van der Waals surface area contributed by atoms with Gasteiger partial charge in [-0.3, -0.25) is 4.98 Å². The molecule has 8 aromatic rings. The Morgan fingerprint density at radius 2 is 1.14 bits per heavy atom. The Morgan fingerprint density at radius 3 is 1.78 bits per heavy atom. The minimum absolute atomic E-state index is 0. The molecule has 0 aliphatic carbocycles. The summed E-state index contributed by atoms with van der Waals surface area (Å²) in [7, 11) is 0. The fourth-order valence-electron chi connectivity index (χ4n) is 6.62. The molecule has 242 valence electrons. The second kappa shape index (κ2) is 17.4. The summed E-state index contributed by atoms with van der Waals surface area (Å²) in [6.45, 7) is 9.00. The Morgan fingerprint density at radius 1 is 0.580 bits per heavy atom. The summed E-state index contributed by atoms with van der Waals surface area (Å²) in [4.78, 5) is 5.00. The Balaban J connectivity index is 0.000000940. The maximum absolute atomic E-state index is 7.50. The molecule has 0 saturated carbocycles. The number of aromatic nitrogens is 2. The number of fused-ring (bicyclic) bond motifs is 6. The van der Waals surface area contributed by atoms with Crippen molar-refractivity contribution in [3.05, 3.63) is 193 Å². The topological polar surface area (TPSA) is 57.1 Å². The third-order valence-corrected chi connectivity index (χ3v) is 8.79. The Kier molecular flexibility index (Phi) is 12.5. The summed E-state index contributed by atoms with van der Waals surface area (Å²) in [6.07, 6.45) is 5.95. The van der Waals surface area contributed by atoms with Crippen molar-refractivity contribution in [1.29, 1.82) is 0 Å². The molecule has 0 aliphatic heterocycles. The van der Waals surface area contributed by atoms with E-state index in [-0.39, 0.29) is 20.1 Å². The van der Waals surface area contributed by atoms with Crippen molar-refractivity contribution in [2.75, 3.05) is 0 Å². The first-order valence-electron chi connectivity index (χ1n) is 16.0. The van der Waals surface area contributed by atoms with E-state index in [1.165, 1.54) is 49.7 Å². The molecule has 0 amide bonds. The smallest absolute Gasteiger partial charge is 0.333 e. The summed E-state index contributed by atoms with van der Waals surface area (Å²) in [5, 5.41) is 3.42. The van der Waals surface area contributed by atoms with Gasteiger partial charge in [-0.1, -0.05) is 78.9 Å². The van der Waals surface area contributed by atoms with Gasteiger partial charge in [-0.05, 0) is 46.5 Å². The van der Waals surface area contributed by atoms with E-state index in [4.69, 9.17) is 14.3 Å². The zero-order valence-corrected chi connectivity index (χ0v) is 29.5. The van der Waals surface area contributed by atoms with Crippen LogP contribution in [-0.2, 0) is 55.1 Å². The molecule has 0 N–H and O–H groups in total. The number of imidazole rings is 1. The standard InChI is InChI=1S/C43H31N2.2CO.Ir/c1-3-13-31(14-4-1)23-25-33-27-34(26-24-32-15-5-2-6-16-32)29-35(28-33)36-17-7-9-19-38(36)42-30-44-43-40-21-10-8-18-37(40)39-20-11-12-22-41(39)45(42)43;2*1-2;/h1-3,5,7-20,22,27-30H,23-26H2;;;/q-3;;;+3. The zero-order valence-electron chi connectivity index (χ0n) is 27.2. The first-order chi connectivity index (χ1) is 24.3. The van der Waals surface area contributed by atoms with Crippen LogP contribution >= 0.6 is 0 Å². The number of pyridine rings is 1. The number of aryl methyl sites for hydroxylation is 4. The Hall–Kier alpha value is -5.34. The van der Waals surface area contributed by atoms with E-state index in [9.17, 15) is 0 Å². The predicted molar refractivity (Wildman–Crippen MR) is 193 cm³/mol. The first-order valence-corrected chi connectivity index (χ1v) is 16.0. The molecule has 0 atom stereocenters. The summed E-state index contributed by atoms with van der Waals surface area (Å²) < 4.78 is 17.3. The molecule has 0 unspecified atom stereocenters. The van der Waals surface area contributed by atoms with Crippen LogP contribution in [0.1, 0.15) is 22.3 Å². The zero-order chi connectivity index (χ0) is 34.0. The number of hydrogen-bond acceptors (Lipinski definition) is 1. The molecule has 50 heavy (non-hydrogen) atoms. The van der Waals surface area contributed by atoms with Gasteiger partial charge in [0.25, 0.3) is 0 Å². The molecule has 0 saturated heterocycles. The number of rotatable bonds is 8. The Labute approximate surface area is 306 Å². The van der Waals surface area contributed by atoms with E-state index in [1.54, 1.807) is 0 Å². The van der Waals surface area contributed by atoms with Gasteiger partial charge >= 0.3 is 42.7 Å². The minimum Gasteiger partial charge on any atom is -0.333 e. The molecule has 0 spiro atoms. The van der Waals surface area contributed by atoms with Crippen LogP contribution in [0.25, 0.3) is 49.7 Å².